The SMILES string of the molecule is COc1c(OC(C)=O)ccc2c1[C@H](C)O[C@@H](C)[C@H]2OC(C)=O. The number of benzene rings is 1. The zero-order chi connectivity index (χ0) is 16.4. The van der Waals surface area contributed by atoms with Gasteiger partial charge in [-0.15, -0.1) is 0 Å². The fraction of sp³-hybridized carbons (Fsp3) is 0.500. The first-order valence-electron chi connectivity index (χ1n) is 7.07. The van der Waals surface area contributed by atoms with Gasteiger partial charge >= 0.3 is 11.9 Å². The van der Waals surface area contributed by atoms with Crippen LogP contribution in [-0.4, -0.2) is 25.2 Å². The maximum Gasteiger partial charge on any atom is 0.308 e. The minimum Gasteiger partial charge on any atom is -0.492 e. The summed E-state index contributed by atoms with van der Waals surface area (Å²) in [7, 11) is 1.49. The Hall–Kier alpha value is -2.08. The zero-order valence-electron chi connectivity index (χ0n) is 13.3. The fourth-order valence-corrected chi connectivity index (χ4v) is 2.76. The molecule has 0 spiro atoms. The molecule has 0 radical (unpaired) electrons. The quantitative estimate of drug-likeness (QED) is 0.631. The second-order valence-corrected chi connectivity index (χ2v) is 5.21. The van der Waals surface area contributed by atoms with Gasteiger partial charge in [-0.25, -0.2) is 0 Å². The average molecular weight is 308 g/mol. The number of esters is 2. The lowest BCUT2D eigenvalue weighted by atomic mass is 9.91. The first kappa shape index (κ1) is 16.3. The topological polar surface area (TPSA) is 71.1 Å². The summed E-state index contributed by atoms with van der Waals surface area (Å²) < 4.78 is 21.8. The highest BCUT2D eigenvalue weighted by molar-refractivity contribution is 5.71. The smallest absolute Gasteiger partial charge is 0.308 e. The molecule has 6 nitrogen and oxygen atoms in total. The molecule has 0 unspecified atom stereocenters. The van der Waals surface area contributed by atoms with Crippen molar-refractivity contribution >= 4 is 11.9 Å². The van der Waals surface area contributed by atoms with Crippen LogP contribution < -0.4 is 9.47 Å². The number of carbonyl (C=O) groups excluding carboxylic acids is 2. The molecular weight excluding hydrogens is 288 g/mol. The van der Waals surface area contributed by atoms with E-state index >= 15 is 0 Å². The molecule has 2 rings (SSSR count). The molecule has 6 heteroatoms. The number of ether oxygens (including phenoxy) is 4. The molecule has 1 aliphatic heterocycles. The first-order chi connectivity index (χ1) is 10.3. The Morgan fingerprint density at radius 1 is 1.14 bits per heavy atom. The second-order valence-electron chi connectivity index (χ2n) is 5.21. The van der Waals surface area contributed by atoms with E-state index in [0.29, 0.717) is 11.5 Å². The Morgan fingerprint density at radius 3 is 2.36 bits per heavy atom. The highest BCUT2D eigenvalue weighted by Gasteiger charge is 2.36. The maximum absolute atomic E-state index is 11.3. The first-order valence-corrected chi connectivity index (χ1v) is 7.07. The van der Waals surface area contributed by atoms with Gasteiger partial charge in [-0.3, -0.25) is 9.59 Å². The summed E-state index contributed by atoms with van der Waals surface area (Å²) in [6, 6.07) is 3.42. The van der Waals surface area contributed by atoms with E-state index in [1.807, 2.05) is 13.8 Å². The lowest BCUT2D eigenvalue weighted by Crippen LogP contribution is -2.31. The van der Waals surface area contributed by atoms with Crippen molar-refractivity contribution in [1.29, 1.82) is 0 Å². The zero-order valence-corrected chi connectivity index (χ0v) is 13.3. The molecule has 22 heavy (non-hydrogen) atoms. The summed E-state index contributed by atoms with van der Waals surface area (Å²) in [5.74, 6) is -0.0823. The highest BCUT2D eigenvalue weighted by Crippen LogP contribution is 2.46. The van der Waals surface area contributed by atoms with Gasteiger partial charge in [0.25, 0.3) is 0 Å². The van der Waals surface area contributed by atoms with E-state index in [4.69, 9.17) is 18.9 Å². The molecule has 0 bridgehead atoms. The number of fused-ring (bicyclic) bond motifs is 1. The van der Waals surface area contributed by atoms with Gasteiger partial charge in [-0.2, -0.15) is 0 Å². The highest BCUT2D eigenvalue weighted by atomic mass is 16.6. The summed E-state index contributed by atoms with van der Waals surface area (Å²) in [6.07, 6.45) is -1.08. The van der Waals surface area contributed by atoms with Gasteiger partial charge in [0.15, 0.2) is 17.6 Å². The second kappa shape index (κ2) is 6.36. The number of carbonyl (C=O) groups is 2. The van der Waals surface area contributed by atoms with Gasteiger partial charge in [0.05, 0.1) is 19.3 Å². The normalized spacial score (nSPS) is 23.4. The van der Waals surface area contributed by atoms with Crippen molar-refractivity contribution < 1.29 is 28.5 Å². The van der Waals surface area contributed by atoms with E-state index in [0.717, 1.165) is 11.1 Å². The standard InChI is InChI=1S/C16H20O6/c1-8-14-12(15(9(2)20-8)22-11(4)18)6-7-13(16(14)19-5)21-10(3)17/h6-9,15H,1-5H3/t8-,9-,15+/m0/s1. The van der Waals surface area contributed by atoms with Crippen molar-refractivity contribution in [2.24, 2.45) is 0 Å². The van der Waals surface area contributed by atoms with E-state index < -0.39 is 12.1 Å². The molecule has 1 aliphatic rings. The molecule has 0 aromatic heterocycles. The molecule has 0 saturated carbocycles. The average Bonchev–Trinajstić information content (AvgIpc) is 2.42. The summed E-state index contributed by atoms with van der Waals surface area (Å²) in [5, 5.41) is 0. The Balaban J connectivity index is 2.55. The van der Waals surface area contributed by atoms with Crippen molar-refractivity contribution in [3.8, 4) is 11.5 Å². The van der Waals surface area contributed by atoms with Crippen LogP contribution >= 0.6 is 0 Å². The summed E-state index contributed by atoms with van der Waals surface area (Å²) in [4.78, 5) is 22.6. The van der Waals surface area contributed by atoms with E-state index in [-0.39, 0.29) is 18.2 Å². The molecule has 1 aromatic carbocycles. The third kappa shape index (κ3) is 3.06. The molecule has 1 aromatic rings. The Labute approximate surface area is 129 Å². The maximum atomic E-state index is 11.3. The molecule has 120 valence electrons. The molecular formula is C16H20O6. The molecule has 0 saturated heterocycles. The summed E-state index contributed by atoms with van der Waals surface area (Å²) in [6.45, 7) is 6.40. The van der Waals surface area contributed by atoms with Crippen molar-refractivity contribution in [2.45, 2.75) is 46.0 Å². The minimum atomic E-state index is -0.524. The minimum absolute atomic E-state index is 0.276. The molecule has 0 fully saturated rings. The lowest BCUT2D eigenvalue weighted by molar-refractivity contribution is -0.161. The lowest BCUT2D eigenvalue weighted by Gasteiger charge is -2.35. The molecule has 0 amide bonds. The number of hydrogen-bond acceptors (Lipinski definition) is 6. The molecule has 0 N–H and O–H groups in total. The van der Waals surface area contributed by atoms with Crippen molar-refractivity contribution in [3.63, 3.8) is 0 Å². The Kier molecular flexibility index (Phi) is 4.71. The van der Waals surface area contributed by atoms with Crippen LogP contribution in [-0.2, 0) is 19.1 Å². The molecule has 0 aliphatic carbocycles. The van der Waals surface area contributed by atoms with Crippen LogP contribution in [0.25, 0.3) is 0 Å². The van der Waals surface area contributed by atoms with Crippen LogP contribution in [0.2, 0.25) is 0 Å². The Morgan fingerprint density at radius 2 is 1.82 bits per heavy atom. The number of hydrogen-bond donors (Lipinski definition) is 0. The van der Waals surface area contributed by atoms with Crippen molar-refractivity contribution in [3.05, 3.63) is 23.3 Å². The summed E-state index contributed by atoms with van der Waals surface area (Å²) >= 11 is 0. The molecule has 3 atom stereocenters. The van der Waals surface area contributed by atoms with Crippen LogP contribution in [0.3, 0.4) is 0 Å². The molecule has 1 heterocycles. The largest absolute Gasteiger partial charge is 0.492 e. The fourth-order valence-electron chi connectivity index (χ4n) is 2.76. The third-order valence-electron chi connectivity index (χ3n) is 3.50. The van der Waals surface area contributed by atoms with Gasteiger partial charge in [0, 0.05) is 25.0 Å². The Bertz CT molecular complexity index is 595. The van der Waals surface area contributed by atoms with Gasteiger partial charge in [-0.05, 0) is 19.9 Å². The van der Waals surface area contributed by atoms with E-state index in [1.54, 1.807) is 12.1 Å². The van der Waals surface area contributed by atoms with Gasteiger partial charge in [-0.1, -0.05) is 6.07 Å². The van der Waals surface area contributed by atoms with Crippen LogP contribution in [0.1, 0.15) is 51.0 Å². The van der Waals surface area contributed by atoms with Crippen LogP contribution in [0.5, 0.6) is 11.5 Å². The van der Waals surface area contributed by atoms with Crippen LogP contribution in [0.15, 0.2) is 12.1 Å². The predicted octanol–water partition coefficient (Wildman–Crippen LogP) is 2.70. The number of rotatable bonds is 3. The monoisotopic (exact) mass is 308 g/mol. The van der Waals surface area contributed by atoms with Crippen molar-refractivity contribution in [1.82, 2.24) is 0 Å². The third-order valence-corrected chi connectivity index (χ3v) is 3.50. The van der Waals surface area contributed by atoms with Gasteiger partial charge < -0.3 is 18.9 Å². The summed E-state index contributed by atoms with van der Waals surface area (Å²) in [5.41, 5.74) is 1.53. The van der Waals surface area contributed by atoms with Crippen LogP contribution in [0, 0.1) is 0 Å². The predicted molar refractivity (Wildman–Crippen MR) is 77.8 cm³/mol. The van der Waals surface area contributed by atoms with Crippen LogP contribution in [0.4, 0.5) is 0 Å². The van der Waals surface area contributed by atoms with E-state index in [9.17, 15) is 9.59 Å². The van der Waals surface area contributed by atoms with E-state index in [2.05, 4.69) is 0 Å². The van der Waals surface area contributed by atoms with E-state index in [1.165, 1.54) is 21.0 Å². The number of methoxy groups -OCH3 is 1. The van der Waals surface area contributed by atoms with Crippen molar-refractivity contribution in [2.75, 3.05) is 7.11 Å². The van der Waals surface area contributed by atoms with Gasteiger partial charge in [0.2, 0.25) is 0 Å². The van der Waals surface area contributed by atoms with Gasteiger partial charge in [0.1, 0.15) is 0 Å².